The molecule has 0 rings (SSSR count). The third kappa shape index (κ3) is 8.12. The van der Waals surface area contributed by atoms with E-state index in [0.29, 0.717) is 0 Å². The zero-order chi connectivity index (χ0) is 12.4. The third-order valence-electron chi connectivity index (χ3n) is 3.07. The Labute approximate surface area is 103 Å². The summed E-state index contributed by atoms with van der Waals surface area (Å²) in [5, 5.41) is 3.51. The van der Waals surface area contributed by atoms with E-state index >= 15 is 0 Å². The van der Waals surface area contributed by atoms with Crippen LogP contribution in [0.3, 0.4) is 0 Å². The van der Waals surface area contributed by atoms with Crippen LogP contribution in [-0.2, 0) is 0 Å². The van der Waals surface area contributed by atoms with Gasteiger partial charge in [0.15, 0.2) is 0 Å². The summed E-state index contributed by atoms with van der Waals surface area (Å²) >= 11 is 0. The lowest BCUT2D eigenvalue weighted by Gasteiger charge is -2.27. The van der Waals surface area contributed by atoms with Gasteiger partial charge in [0.2, 0.25) is 0 Å². The van der Waals surface area contributed by atoms with Crippen LogP contribution in [0.1, 0.15) is 53.9 Å². The maximum atomic E-state index is 3.51. The smallest absolute Gasteiger partial charge is 0.00672 e. The van der Waals surface area contributed by atoms with Crippen molar-refractivity contribution in [3.8, 4) is 0 Å². The quantitative estimate of drug-likeness (QED) is 0.578. The average Bonchev–Trinajstić information content (AvgIpc) is 2.24. The van der Waals surface area contributed by atoms with Gasteiger partial charge in [-0.25, -0.2) is 0 Å². The third-order valence-corrected chi connectivity index (χ3v) is 3.07. The Morgan fingerprint density at radius 1 is 1.12 bits per heavy atom. The van der Waals surface area contributed by atoms with Crippen molar-refractivity contribution in [1.29, 1.82) is 0 Å². The zero-order valence-corrected chi connectivity index (χ0v) is 12.1. The Balaban J connectivity index is 3.51. The lowest BCUT2D eigenvalue weighted by Crippen LogP contribution is -2.34. The Bertz CT molecular complexity index is 146. The molecule has 0 saturated heterocycles. The standard InChI is InChI=1S/C14H32N2/c1-6-11-16(7-2)14(5)9-8-10-15-12-13(3)4/h13-15H,6-12H2,1-5H3. The van der Waals surface area contributed by atoms with E-state index in [2.05, 4.69) is 44.8 Å². The lowest BCUT2D eigenvalue weighted by atomic mass is 10.1. The van der Waals surface area contributed by atoms with E-state index in [1.807, 2.05) is 0 Å². The second-order valence-electron chi connectivity index (χ2n) is 5.22. The van der Waals surface area contributed by atoms with Crippen LogP contribution in [0.25, 0.3) is 0 Å². The van der Waals surface area contributed by atoms with E-state index in [0.717, 1.165) is 18.5 Å². The van der Waals surface area contributed by atoms with Gasteiger partial charge in [0.05, 0.1) is 0 Å². The molecule has 0 fully saturated rings. The number of nitrogens with one attached hydrogen (secondary N) is 1. The van der Waals surface area contributed by atoms with Crippen LogP contribution in [0.15, 0.2) is 0 Å². The first-order valence-electron chi connectivity index (χ1n) is 7.06. The normalized spacial score (nSPS) is 13.7. The monoisotopic (exact) mass is 228 g/mol. The van der Waals surface area contributed by atoms with Crippen molar-refractivity contribution < 1.29 is 0 Å². The van der Waals surface area contributed by atoms with Crippen molar-refractivity contribution in [2.24, 2.45) is 5.92 Å². The van der Waals surface area contributed by atoms with Crippen LogP contribution in [0, 0.1) is 5.92 Å². The molecule has 0 saturated carbocycles. The molecular formula is C14H32N2. The van der Waals surface area contributed by atoms with Gasteiger partial charge in [0, 0.05) is 6.04 Å². The van der Waals surface area contributed by atoms with E-state index in [9.17, 15) is 0 Å². The molecule has 0 aromatic rings. The molecule has 0 aliphatic heterocycles. The first-order chi connectivity index (χ1) is 7.61. The van der Waals surface area contributed by atoms with Crippen molar-refractivity contribution in [1.82, 2.24) is 10.2 Å². The molecule has 98 valence electrons. The van der Waals surface area contributed by atoms with Crippen LogP contribution < -0.4 is 5.32 Å². The Hall–Kier alpha value is -0.0800. The van der Waals surface area contributed by atoms with Gasteiger partial charge in [0.1, 0.15) is 0 Å². The molecule has 0 heterocycles. The fourth-order valence-corrected chi connectivity index (χ4v) is 2.07. The van der Waals surface area contributed by atoms with Gasteiger partial charge in [-0.2, -0.15) is 0 Å². The first-order valence-corrected chi connectivity index (χ1v) is 7.06. The van der Waals surface area contributed by atoms with Gasteiger partial charge in [-0.3, -0.25) is 0 Å². The largest absolute Gasteiger partial charge is 0.316 e. The molecule has 0 aromatic heterocycles. The molecule has 2 nitrogen and oxygen atoms in total. The summed E-state index contributed by atoms with van der Waals surface area (Å²) in [6.45, 7) is 16.2. The molecule has 0 amide bonds. The van der Waals surface area contributed by atoms with Gasteiger partial charge in [-0.15, -0.1) is 0 Å². The minimum absolute atomic E-state index is 0.741. The predicted molar refractivity (Wildman–Crippen MR) is 73.9 cm³/mol. The van der Waals surface area contributed by atoms with E-state index in [1.54, 1.807) is 0 Å². The number of hydrogen-bond acceptors (Lipinski definition) is 2. The van der Waals surface area contributed by atoms with Crippen molar-refractivity contribution in [3.05, 3.63) is 0 Å². The summed E-state index contributed by atoms with van der Waals surface area (Å²) in [5.41, 5.74) is 0. The molecule has 0 aliphatic rings. The molecule has 1 atom stereocenters. The summed E-state index contributed by atoms with van der Waals surface area (Å²) < 4.78 is 0. The predicted octanol–water partition coefficient (Wildman–Crippen LogP) is 3.13. The fraction of sp³-hybridized carbons (Fsp3) is 1.00. The van der Waals surface area contributed by atoms with Gasteiger partial charge in [-0.05, 0) is 58.3 Å². The summed E-state index contributed by atoms with van der Waals surface area (Å²) in [7, 11) is 0. The fourth-order valence-electron chi connectivity index (χ4n) is 2.07. The van der Waals surface area contributed by atoms with Crippen LogP contribution in [-0.4, -0.2) is 37.1 Å². The summed E-state index contributed by atoms with van der Waals surface area (Å²) in [5.74, 6) is 0.768. The summed E-state index contributed by atoms with van der Waals surface area (Å²) in [4.78, 5) is 2.59. The number of hydrogen-bond donors (Lipinski definition) is 1. The maximum absolute atomic E-state index is 3.51. The Morgan fingerprint density at radius 2 is 1.81 bits per heavy atom. The van der Waals surface area contributed by atoms with Crippen molar-refractivity contribution in [2.75, 3.05) is 26.2 Å². The molecule has 0 aliphatic carbocycles. The SMILES string of the molecule is CCCN(CC)C(C)CCCNCC(C)C. The Morgan fingerprint density at radius 3 is 2.31 bits per heavy atom. The van der Waals surface area contributed by atoms with Gasteiger partial charge >= 0.3 is 0 Å². The molecule has 0 aromatic carbocycles. The van der Waals surface area contributed by atoms with Crippen LogP contribution in [0.5, 0.6) is 0 Å². The highest BCUT2D eigenvalue weighted by Gasteiger charge is 2.09. The minimum Gasteiger partial charge on any atom is -0.316 e. The van der Waals surface area contributed by atoms with Crippen LogP contribution >= 0.6 is 0 Å². The van der Waals surface area contributed by atoms with Crippen molar-refractivity contribution in [3.63, 3.8) is 0 Å². The molecule has 0 bridgehead atoms. The van der Waals surface area contributed by atoms with Gasteiger partial charge in [-0.1, -0.05) is 27.7 Å². The highest BCUT2D eigenvalue weighted by Crippen LogP contribution is 2.06. The zero-order valence-electron chi connectivity index (χ0n) is 12.1. The van der Waals surface area contributed by atoms with E-state index in [4.69, 9.17) is 0 Å². The second-order valence-corrected chi connectivity index (χ2v) is 5.22. The topological polar surface area (TPSA) is 15.3 Å². The van der Waals surface area contributed by atoms with E-state index in [1.165, 1.54) is 38.9 Å². The van der Waals surface area contributed by atoms with Gasteiger partial charge < -0.3 is 10.2 Å². The molecular weight excluding hydrogens is 196 g/mol. The van der Waals surface area contributed by atoms with E-state index in [-0.39, 0.29) is 0 Å². The molecule has 2 heteroatoms. The molecule has 0 spiro atoms. The van der Waals surface area contributed by atoms with Crippen molar-refractivity contribution in [2.45, 2.75) is 59.9 Å². The molecule has 0 radical (unpaired) electrons. The van der Waals surface area contributed by atoms with Crippen LogP contribution in [0.2, 0.25) is 0 Å². The first kappa shape index (κ1) is 15.9. The molecule has 1 N–H and O–H groups in total. The Kier molecular flexibility index (Phi) is 10.0. The summed E-state index contributed by atoms with van der Waals surface area (Å²) in [6.07, 6.45) is 3.89. The van der Waals surface area contributed by atoms with Crippen molar-refractivity contribution >= 4 is 0 Å². The number of nitrogens with zero attached hydrogens (tertiary/aromatic N) is 1. The summed E-state index contributed by atoms with van der Waals surface area (Å²) in [6, 6.07) is 0.741. The van der Waals surface area contributed by atoms with Crippen LogP contribution in [0.4, 0.5) is 0 Å². The molecule has 16 heavy (non-hydrogen) atoms. The highest BCUT2D eigenvalue weighted by molar-refractivity contribution is 4.66. The maximum Gasteiger partial charge on any atom is 0.00672 e. The average molecular weight is 228 g/mol. The number of rotatable bonds is 10. The van der Waals surface area contributed by atoms with E-state index < -0.39 is 0 Å². The van der Waals surface area contributed by atoms with Gasteiger partial charge in [0.25, 0.3) is 0 Å². The second kappa shape index (κ2) is 10.1. The highest BCUT2D eigenvalue weighted by atomic mass is 15.1. The lowest BCUT2D eigenvalue weighted by molar-refractivity contribution is 0.207. The minimum atomic E-state index is 0.741. The molecule has 1 unspecified atom stereocenters.